The third-order valence-electron chi connectivity index (χ3n) is 5.56. The minimum absolute atomic E-state index is 0.0485. The van der Waals surface area contributed by atoms with Gasteiger partial charge in [0.15, 0.2) is 22.2 Å². The van der Waals surface area contributed by atoms with E-state index in [-0.39, 0.29) is 38.5 Å². The Bertz CT molecular complexity index is 1820. The number of halogens is 3. The smallest absolute Gasteiger partial charge is 0.337 e. The molecule has 0 saturated heterocycles. The molecule has 1 saturated carbocycles. The molecule has 1 aliphatic carbocycles. The molecule has 0 aliphatic heterocycles. The number of nitrogens with zero attached hydrogens (tertiary/aromatic N) is 5. The maximum atomic E-state index is 15.7. The third-order valence-corrected chi connectivity index (χ3v) is 7.13. The van der Waals surface area contributed by atoms with Crippen LogP contribution in [-0.2, 0) is 10.0 Å². The summed E-state index contributed by atoms with van der Waals surface area (Å²) < 4.78 is 65.0. The number of nitrogens with two attached hydrogens (primary N) is 1. The molecule has 0 unspecified atom stereocenters. The maximum absolute atomic E-state index is 15.7. The first-order valence-corrected chi connectivity index (χ1v) is 12.4. The number of methoxy groups -OCH3 is 1. The van der Waals surface area contributed by atoms with Gasteiger partial charge in [-0.15, -0.1) is 0 Å². The zero-order valence-electron chi connectivity index (χ0n) is 18.8. The largest absolute Gasteiger partial charge is 0.480 e. The molecule has 12 nitrogen and oxygen atoms in total. The fourth-order valence-corrected chi connectivity index (χ4v) is 5.19. The number of fused-ring (bicyclic) bond motifs is 1. The van der Waals surface area contributed by atoms with Crippen molar-refractivity contribution in [2.75, 3.05) is 17.6 Å². The second-order valence-electron chi connectivity index (χ2n) is 8.01. The lowest BCUT2D eigenvalue weighted by molar-refractivity contribution is 0.385. The van der Waals surface area contributed by atoms with E-state index in [2.05, 4.69) is 15.0 Å². The summed E-state index contributed by atoms with van der Waals surface area (Å²) in [6, 6.07) is 2.16. The highest BCUT2D eigenvalue weighted by Gasteiger charge is 2.32. The van der Waals surface area contributed by atoms with Crippen LogP contribution in [0.5, 0.6) is 5.88 Å². The van der Waals surface area contributed by atoms with Crippen LogP contribution in [0.1, 0.15) is 18.9 Å². The zero-order chi connectivity index (χ0) is 26.6. The van der Waals surface area contributed by atoms with Crippen molar-refractivity contribution in [1.29, 1.82) is 0 Å². The summed E-state index contributed by atoms with van der Waals surface area (Å²) in [6.45, 7) is 0. The molecule has 3 heterocycles. The summed E-state index contributed by atoms with van der Waals surface area (Å²) in [4.78, 5) is 37.5. The van der Waals surface area contributed by atoms with Crippen LogP contribution in [0.4, 0.5) is 20.4 Å². The van der Waals surface area contributed by atoms with E-state index in [9.17, 15) is 22.4 Å². The summed E-state index contributed by atoms with van der Waals surface area (Å²) >= 11 is 5.85. The van der Waals surface area contributed by atoms with E-state index >= 15 is 4.39 Å². The van der Waals surface area contributed by atoms with Crippen molar-refractivity contribution in [2.45, 2.75) is 23.8 Å². The van der Waals surface area contributed by atoms with Gasteiger partial charge in [-0.1, -0.05) is 11.6 Å². The first-order valence-electron chi connectivity index (χ1n) is 10.5. The van der Waals surface area contributed by atoms with Gasteiger partial charge in [-0.3, -0.25) is 14.1 Å². The zero-order valence-corrected chi connectivity index (χ0v) is 20.3. The molecular weight excluding hydrogens is 536 g/mol. The number of nitrogens with one attached hydrogen (secondary N) is 1. The Labute approximate surface area is 211 Å². The Morgan fingerprint density at radius 1 is 1.19 bits per heavy atom. The van der Waals surface area contributed by atoms with Crippen LogP contribution in [0.15, 0.2) is 45.1 Å². The SMILES string of the molecule is COc1ncc(Cl)cc1S(=O)(=O)Nc1ccc(F)c(-n2c(=O)c3cnc(N)nc3n(C3CC3)c2=O)c1F. The average molecular weight is 552 g/mol. The van der Waals surface area contributed by atoms with Gasteiger partial charge in [-0.25, -0.2) is 36.5 Å². The Hall–Kier alpha value is -4.11. The van der Waals surface area contributed by atoms with Crippen molar-refractivity contribution in [3.8, 4) is 11.6 Å². The Morgan fingerprint density at radius 3 is 2.59 bits per heavy atom. The lowest BCUT2D eigenvalue weighted by Crippen LogP contribution is -2.40. The fraction of sp³-hybridized carbons (Fsp3) is 0.190. The van der Waals surface area contributed by atoms with Crippen LogP contribution in [0.25, 0.3) is 16.7 Å². The van der Waals surface area contributed by atoms with Gasteiger partial charge in [0.2, 0.25) is 11.8 Å². The summed E-state index contributed by atoms with van der Waals surface area (Å²) in [6.07, 6.45) is 3.33. The second kappa shape index (κ2) is 8.77. The molecule has 0 bridgehead atoms. The molecule has 5 rings (SSSR count). The van der Waals surface area contributed by atoms with E-state index in [0.29, 0.717) is 18.9 Å². The third kappa shape index (κ3) is 4.15. The predicted octanol–water partition coefficient (Wildman–Crippen LogP) is 2.00. The summed E-state index contributed by atoms with van der Waals surface area (Å²) in [5.74, 6) is -3.34. The van der Waals surface area contributed by atoms with Crippen LogP contribution in [0.3, 0.4) is 0 Å². The first-order chi connectivity index (χ1) is 17.5. The second-order valence-corrected chi connectivity index (χ2v) is 10.1. The summed E-state index contributed by atoms with van der Waals surface area (Å²) in [7, 11) is -3.41. The number of pyridine rings is 1. The van der Waals surface area contributed by atoms with Gasteiger partial charge in [-0.05, 0) is 31.0 Å². The first kappa shape index (κ1) is 24.6. The molecule has 192 valence electrons. The van der Waals surface area contributed by atoms with Crippen LogP contribution in [0, 0.1) is 11.6 Å². The summed E-state index contributed by atoms with van der Waals surface area (Å²) in [5, 5.41) is -0.257. The molecule has 1 aromatic carbocycles. The molecule has 0 radical (unpaired) electrons. The Balaban J connectivity index is 1.72. The normalized spacial score (nSPS) is 13.6. The van der Waals surface area contributed by atoms with Crippen molar-refractivity contribution in [3.63, 3.8) is 0 Å². The molecule has 37 heavy (non-hydrogen) atoms. The molecule has 0 spiro atoms. The number of nitrogen functional groups attached to an aromatic ring is 1. The fourth-order valence-electron chi connectivity index (χ4n) is 3.76. The number of anilines is 2. The van der Waals surface area contributed by atoms with Crippen molar-refractivity contribution >= 4 is 44.3 Å². The number of hydrogen-bond acceptors (Lipinski definition) is 9. The number of ether oxygens (including phenoxy) is 1. The molecule has 0 amide bonds. The van der Waals surface area contributed by atoms with E-state index in [1.165, 1.54) is 7.11 Å². The maximum Gasteiger partial charge on any atom is 0.337 e. The standard InChI is InChI=1S/C21H16ClF2N7O5S/c1-36-18-14(6-9(22)7-26-18)37(34,35)29-13-5-4-12(23)16(15(13)24)31-19(32)11-8-27-20(25)28-17(11)30(21(31)33)10-2-3-10/h4-8,10,29H,2-3H2,1H3,(H2,25,27,28). The number of sulfonamides is 1. The van der Waals surface area contributed by atoms with E-state index in [1.54, 1.807) is 0 Å². The Kier molecular flexibility index (Phi) is 5.83. The predicted molar refractivity (Wildman–Crippen MR) is 129 cm³/mol. The number of benzene rings is 1. The summed E-state index contributed by atoms with van der Waals surface area (Å²) in [5.41, 5.74) is 1.52. The molecule has 1 aliphatic rings. The van der Waals surface area contributed by atoms with Crippen molar-refractivity contribution in [2.24, 2.45) is 0 Å². The van der Waals surface area contributed by atoms with Crippen LogP contribution < -0.4 is 26.4 Å². The molecule has 0 atom stereocenters. The van der Waals surface area contributed by atoms with E-state index in [0.717, 1.165) is 29.1 Å². The number of aromatic nitrogens is 5. The molecule has 1 fully saturated rings. The van der Waals surface area contributed by atoms with Gasteiger partial charge in [0.1, 0.15) is 11.1 Å². The number of rotatable bonds is 6. The quantitative estimate of drug-likeness (QED) is 0.364. The molecule has 16 heteroatoms. The van der Waals surface area contributed by atoms with Crippen LogP contribution in [0.2, 0.25) is 5.02 Å². The monoisotopic (exact) mass is 551 g/mol. The number of hydrogen-bond donors (Lipinski definition) is 2. The lowest BCUT2D eigenvalue weighted by Gasteiger charge is -2.16. The molecule has 4 aromatic rings. The van der Waals surface area contributed by atoms with Crippen molar-refractivity contribution in [3.05, 3.63) is 68.1 Å². The average Bonchev–Trinajstić information content (AvgIpc) is 3.68. The lowest BCUT2D eigenvalue weighted by atomic mass is 10.2. The Morgan fingerprint density at radius 2 is 1.92 bits per heavy atom. The van der Waals surface area contributed by atoms with E-state index < -0.39 is 49.2 Å². The highest BCUT2D eigenvalue weighted by atomic mass is 35.5. The molecular formula is C21H16ClF2N7O5S. The van der Waals surface area contributed by atoms with Crippen LogP contribution in [-0.4, -0.2) is 39.6 Å². The minimum atomic E-state index is -4.57. The van der Waals surface area contributed by atoms with Gasteiger partial charge in [-0.2, -0.15) is 4.98 Å². The van der Waals surface area contributed by atoms with E-state index in [4.69, 9.17) is 22.1 Å². The highest BCUT2D eigenvalue weighted by Crippen LogP contribution is 2.35. The van der Waals surface area contributed by atoms with Gasteiger partial charge in [0, 0.05) is 18.4 Å². The van der Waals surface area contributed by atoms with Crippen molar-refractivity contribution < 1.29 is 21.9 Å². The van der Waals surface area contributed by atoms with Gasteiger partial charge < -0.3 is 10.5 Å². The van der Waals surface area contributed by atoms with E-state index in [1.807, 2.05) is 4.72 Å². The van der Waals surface area contributed by atoms with Crippen molar-refractivity contribution in [1.82, 2.24) is 24.1 Å². The molecule has 3 aromatic heterocycles. The minimum Gasteiger partial charge on any atom is -0.480 e. The van der Waals surface area contributed by atoms with Gasteiger partial charge in [0.25, 0.3) is 15.6 Å². The van der Waals surface area contributed by atoms with Gasteiger partial charge in [0.05, 0.1) is 17.8 Å². The van der Waals surface area contributed by atoms with Gasteiger partial charge >= 0.3 is 5.69 Å². The molecule has 3 N–H and O–H groups in total. The van der Waals surface area contributed by atoms with Crippen LogP contribution >= 0.6 is 11.6 Å². The topological polar surface area (TPSA) is 164 Å². The highest BCUT2D eigenvalue weighted by molar-refractivity contribution is 7.92.